The summed E-state index contributed by atoms with van der Waals surface area (Å²) in [6.45, 7) is 5.00. The average molecular weight is 280 g/mol. The lowest BCUT2D eigenvalue weighted by molar-refractivity contribution is -0.152. The number of ether oxygens (including phenoxy) is 1. The van der Waals surface area contributed by atoms with Crippen LogP contribution >= 0.6 is 0 Å². The topological polar surface area (TPSA) is 41.6 Å². The third kappa shape index (κ3) is 3.34. The first-order chi connectivity index (χ1) is 9.84. The van der Waals surface area contributed by atoms with E-state index in [2.05, 4.69) is 10.2 Å². The molecule has 3 aliphatic heterocycles. The van der Waals surface area contributed by atoms with Gasteiger partial charge in [-0.1, -0.05) is 6.42 Å². The fourth-order valence-electron chi connectivity index (χ4n) is 4.13. The number of hydrogen-bond acceptors (Lipinski definition) is 4. The van der Waals surface area contributed by atoms with Gasteiger partial charge in [-0.3, -0.25) is 9.69 Å². The predicted octanol–water partition coefficient (Wildman–Crippen LogP) is 1.79. The van der Waals surface area contributed by atoms with Crippen LogP contribution in [0.25, 0.3) is 0 Å². The molecule has 0 aromatic rings. The Bertz CT molecular complexity index is 326. The van der Waals surface area contributed by atoms with E-state index in [-0.39, 0.29) is 11.9 Å². The molecule has 0 spiro atoms. The molecule has 114 valence electrons. The van der Waals surface area contributed by atoms with Crippen LogP contribution in [0.4, 0.5) is 0 Å². The highest BCUT2D eigenvalue weighted by Gasteiger charge is 2.34. The highest BCUT2D eigenvalue weighted by atomic mass is 16.5. The van der Waals surface area contributed by atoms with Gasteiger partial charge in [0.05, 0.1) is 12.5 Å². The van der Waals surface area contributed by atoms with Crippen LogP contribution in [-0.2, 0) is 9.53 Å². The van der Waals surface area contributed by atoms with Gasteiger partial charge >= 0.3 is 5.97 Å². The number of esters is 1. The zero-order chi connectivity index (χ0) is 13.8. The summed E-state index contributed by atoms with van der Waals surface area (Å²) < 4.78 is 5.66. The van der Waals surface area contributed by atoms with E-state index in [9.17, 15) is 4.79 Å². The van der Waals surface area contributed by atoms with Crippen molar-refractivity contribution < 1.29 is 9.53 Å². The molecular formula is C16H28N2O2. The summed E-state index contributed by atoms with van der Waals surface area (Å²) in [5.74, 6) is 0.699. The number of carbonyl (C=O) groups is 1. The molecule has 3 unspecified atom stereocenters. The Labute approximate surface area is 122 Å². The van der Waals surface area contributed by atoms with Crippen LogP contribution in [0.2, 0.25) is 0 Å². The zero-order valence-electron chi connectivity index (χ0n) is 12.5. The van der Waals surface area contributed by atoms with Gasteiger partial charge < -0.3 is 10.1 Å². The summed E-state index contributed by atoms with van der Waals surface area (Å²) in [7, 11) is 0. The lowest BCUT2D eigenvalue weighted by Crippen LogP contribution is -2.49. The van der Waals surface area contributed by atoms with Crippen molar-refractivity contribution in [3.8, 4) is 0 Å². The summed E-state index contributed by atoms with van der Waals surface area (Å²) in [6.07, 6.45) is 8.58. The summed E-state index contributed by atoms with van der Waals surface area (Å²) >= 11 is 0. The maximum atomic E-state index is 12.1. The molecular weight excluding hydrogens is 252 g/mol. The Hall–Kier alpha value is -0.610. The Morgan fingerprint density at radius 1 is 1.10 bits per heavy atom. The highest BCUT2D eigenvalue weighted by Crippen LogP contribution is 2.31. The fourth-order valence-corrected chi connectivity index (χ4v) is 4.13. The number of rotatable bonds is 3. The molecule has 0 amide bonds. The van der Waals surface area contributed by atoms with Gasteiger partial charge in [-0.15, -0.1) is 0 Å². The van der Waals surface area contributed by atoms with E-state index in [1.165, 1.54) is 45.2 Å². The largest absolute Gasteiger partial charge is 0.465 e. The number of nitrogens with zero attached hydrogens (tertiary/aromatic N) is 1. The van der Waals surface area contributed by atoms with Crippen LogP contribution in [0, 0.1) is 11.8 Å². The van der Waals surface area contributed by atoms with E-state index >= 15 is 0 Å². The third-order valence-electron chi connectivity index (χ3n) is 5.30. The first-order valence-corrected chi connectivity index (χ1v) is 8.46. The normalized spacial score (nSPS) is 35.3. The molecule has 3 saturated heterocycles. The van der Waals surface area contributed by atoms with Gasteiger partial charge in [-0.2, -0.15) is 0 Å². The zero-order valence-corrected chi connectivity index (χ0v) is 12.5. The molecule has 4 nitrogen and oxygen atoms in total. The van der Waals surface area contributed by atoms with E-state index in [0.717, 1.165) is 25.9 Å². The van der Waals surface area contributed by atoms with Crippen molar-refractivity contribution in [2.24, 2.45) is 11.8 Å². The average Bonchev–Trinajstić information content (AvgIpc) is 2.53. The van der Waals surface area contributed by atoms with Gasteiger partial charge in [0, 0.05) is 18.5 Å². The molecule has 0 saturated carbocycles. The Morgan fingerprint density at radius 2 is 2.00 bits per heavy atom. The van der Waals surface area contributed by atoms with Crippen molar-refractivity contribution in [1.82, 2.24) is 10.2 Å². The molecule has 4 heteroatoms. The molecule has 3 rings (SSSR count). The molecule has 20 heavy (non-hydrogen) atoms. The van der Waals surface area contributed by atoms with Crippen molar-refractivity contribution in [3.05, 3.63) is 0 Å². The van der Waals surface area contributed by atoms with Crippen LogP contribution in [0.3, 0.4) is 0 Å². The quantitative estimate of drug-likeness (QED) is 0.800. The summed E-state index contributed by atoms with van der Waals surface area (Å²) in [5.41, 5.74) is 0. The van der Waals surface area contributed by atoms with Crippen molar-refractivity contribution in [2.45, 2.75) is 51.0 Å². The molecule has 3 atom stereocenters. The second-order valence-corrected chi connectivity index (χ2v) is 6.67. The summed E-state index contributed by atoms with van der Waals surface area (Å²) in [6, 6.07) is 0.676. The lowest BCUT2D eigenvalue weighted by atomic mass is 9.84. The van der Waals surface area contributed by atoms with E-state index in [1.54, 1.807) is 0 Å². The SMILES string of the molecule is O=C(OCC1CCCN2CCCCC12)C1CCCNC1. The van der Waals surface area contributed by atoms with Crippen molar-refractivity contribution >= 4 is 5.97 Å². The molecule has 0 bridgehead atoms. The molecule has 3 heterocycles. The summed E-state index contributed by atoms with van der Waals surface area (Å²) in [4.78, 5) is 14.8. The molecule has 3 aliphatic rings. The highest BCUT2D eigenvalue weighted by molar-refractivity contribution is 5.72. The Morgan fingerprint density at radius 3 is 2.85 bits per heavy atom. The van der Waals surface area contributed by atoms with E-state index in [0.29, 0.717) is 18.6 Å². The first kappa shape index (κ1) is 14.3. The van der Waals surface area contributed by atoms with Crippen LogP contribution < -0.4 is 5.32 Å². The maximum Gasteiger partial charge on any atom is 0.310 e. The smallest absolute Gasteiger partial charge is 0.310 e. The molecule has 0 radical (unpaired) electrons. The number of hydrogen-bond donors (Lipinski definition) is 1. The predicted molar refractivity (Wildman–Crippen MR) is 78.5 cm³/mol. The number of nitrogens with one attached hydrogen (secondary N) is 1. The maximum absolute atomic E-state index is 12.1. The molecule has 1 N–H and O–H groups in total. The van der Waals surface area contributed by atoms with E-state index < -0.39 is 0 Å². The molecule has 0 aliphatic carbocycles. The van der Waals surface area contributed by atoms with Gasteiger partial charge in [-0.25, -0.2) is 0 Å². The van der Waals surface area contributed by atoms with Crippen molar-refractivity contribution in [1.29, 1.82) is 0 Å². The van der Waals surface area contributed by atoms with Crippen LogP contribution in [0.1, 0.15) is 44.9 Å². The van der Waals surface area contributed by atoms with Gasteiger partial charge in [0.25, 0.3) is 0 Å². The minimum absolute atomic E-state index is 0.0325. The standard InChI is InChI=1S/C16H28N2O2/c19-16(13-5-3-8-17-11-13)20-12-14-6-4-10-18-9-2-1-7-15(14)18/h13-15,17H,1-12H2. The van der Waals surface area contributed by atoms with Gasteiger partial charge in [0.1, 0.15) is 0 Å². The van der Waals surface area contributed by atoms with Crippen LogP contribution in [0.15, 0.2) is 0 Å². The van der Waals surface area contributed by atoms with Gasteiger partial charge in [0.2, 0.25) is 0 Å². The van der Waals surface area contributed by atoms with E-state index in [1.807, 2.05) is 0 Å². The van der Waals surface area contributed by atoms with Crippen LogP contribution in [-0.4, -0.2) is 49.7 Å². The van der Waals surface area contributed by atoms with Crippen molar-refractivity contribution in [3.63, 3.8) is 0 Å². The van der Waals surface area contributed by atoms with Gasteiger partial charge in [0.15, 0.2) is 0 Å². The third-order valence-corrected chi connectivity index (χ3v) is 5.30. The number of piperidine rings is 3. The first-order valence-electron chi connectivity index (χ1n) is 8.46. The summed E-state index contributed by atoms with van der Waals surface area (Å²) in [5, 5.41) is 3.29. The van der Waals surface area contributed by atoms with Crippen molar-refractivity contribution in [2.75, 3.05) is 32.8 Å². The molecule has 0 aromatic heterocycles. The minimum atomic E-state index is 0.0325. The molecule has 0 aromatic carbocycles. The monoisotopic (exact) mass is 280 g/mol. The molecule has 3 fully saturated rings. The Balaban J connectivity index is 1.48. The fraction of sp³-hybridized carbons (Fsp3) is 0.938. The Kier molecular flexibility index (Phi) is 4.94. The second-order valence-electron chi connectivity index (χ2n) is 6.67. The van der Waals surface area contributed by atoms with Gasteiger partial charge in [-0.05, 0) is 58.2 Å². The number of carbonyl (C=O) groups excluding carboxylic acids is 1. The minimum Gasteiger partial charge on any atom is -0.465 e. The van der Waals surface area contributed by atoms with E-state index in [4.69, 9.17) is 4.74 Å². The van der Waals surface area contributed by atoms with Crippen LogP contribution in [0.5, 0.6) is 0 Å². The number of fused-ring (bicyclic) bond motifs is 1. The lowest BCUT2D eigenvalue weighted by Gasteiger charge is -2.44. The second kappa shape index (κ2) is 6.90.